The van der Waals surface area contributed by atoms with Gasteiger partial charge in [-0.1, -0.05) is 30.3 Å². The minimum Gasteiger partial charge on any atom is -0.497 e. The summed E-state index contributed by atoms with van der Waals surface area (Å²) in [6.07, 6.45) is 0.0844. The quantitative estimate of drug-likeness (QED) is 0.579. The zero-order valence-electron chi connectivity index (χ0n) is 21.0. The summed E-state index contributed by atoms with van der Waals surface area (Å²) >= 11 is 0. The maximum atomic E-state index is 13.3. The second-order valence-corrected chi connectivity index (χ2v) is 10.0. The molecule has 7 nitrogen and oxygen atoms in total. The summed E-state index contributed by atoms with van der Waals surface area (Å²) < 4.78 is 17.5. The van der Waals surface area contributed by atoms with Gasteiger partial charge in [0.1, 0.15) is 17.0 Å². The highest BCUT2D eigenvalue weighted by Crippen LogP contribution is 2.43. The molecule has 7 heteroatoms. The van der Waals surface area contributed by atoms with Crippen LogP contribution in [0.4, 0.5) is 4.79 Å². The number of methoxy groups -OCH3 is 1. The topological polar surface area (TPSA) is 68.3 Å². The molecular weight excluding hydrogens is 432 g/mol. The number of nitrogens with zero attached hydrogens (tertiary/aromatic N) is 2. The van der Waals surface area contributed by atoms with E-state index in [0.29, 0.717) is 37.4 Å². The van der Waals surface area contributed by atoms with Crippen LogP contribution < -0.4 is 4.74 Å². The molecule has 0 aliphatic carbocycles. The number of esters is 1. The van der Waals surface area contributed by atoms with Gasteiger partial charge in [-0.25, -0.2) is 9.59 Å². The highest BCUT2D eigenvalue weighted by Gasteiger charge is 2.49. The molecule has 0 N–H and O–H groups in total. The third-order valence-corrected chi connectivity index (χ3v) is 5.93. The van der Waals surface area contributed by atoms with Crippen LogP contribution in [0, 0.1) is 5.92 Å². The Morgan fingerprint density at radius 3 is 2.41 bits per heavy atom. The van der Waals surface area contributed by atoms with Crippen LogP contribution in [0.25, 0.3) is 0 Å². The Morgan fingerprint density at radius 1 is 1.09 bits per heavy atom. The number of hydrogen-bond acceptors (Lipinski definition) is 6. The molecule has 1 saturated heterocycles. The summed E-state index contributed by atoms with van der Waals surface area (Å²) in [5.74, 6) is 0.104. The molecule has 2 atom stereocenters. The molecule has 1 heterocycles. The molecule has 1 aliphatic rings. The van der Waals surface area contributed by atoms with Crippen molar-refractivity contribution in [3.8, 4) is 5.75 Å². The number of piperidine rings is 1. The Labute approximate surface area is 202 Å². The van der Waals surface area contributed by atoms with Crippen molar-refractivity contribution in [1.82, 2.24) is 9.80 Å². The first kappa shape index (κ1) is 25.6. The van der Waals surface area contributed by atoms with Crippen LogP contribution in [-0.2, 0) is 15.1 Å². The smallest absolute Gasteiger partial charge is 0.410 e. The van der Waals surface area contributed by atoms with Gasteiger partial charge in [0.05, 0.1) is 12.7 Å². The summed E-state index contributed by atoms with van der Waals surface area (Å²) in [5.41, 5.74) is -0.186. The van der Waals surface area contributed by atoms with Gasteiger partial charge in [0.2, 0.25) is 0 Å². The van der Waals surface area contributed by atoms with E-state index < -0.39 is 17.2 Å². The average Bonchev–Trinajstić information content (AvgIpc) is 2.79. The third-order valence-electron chi connectivity index (χ3n) is 5.93. The molecule has 0 spiro atoms. The SMILES string of the molecule is COc1cccc(C2(OC(=O)c3ccccc3)CCN(C(=O)OC(C)(C)C)CC2CN(C)C)c1. The monoisotopic (exact) mass is 468 g/mol. The summed E-state index contributed by atoms with van der Waals surface area (Å²) in [7, 11) is 5.56. The Kier molecular flexibility index (Phi) is 7.87. The van der Waals surface area contributed by atoms with Crippen LogP contribution in [-0.4, -0.2) is 68.3 Å². The van der Waals surface area contributed by atoms with Gasteiger partial charge in [-0.3, -0.25) is 0 Å². The van der Waals surface area contributed by atoms with Crippen molar-refractivity contribution < 1.29 is 23.8 Å². The first-order valence-electron chi connectivity index (χ1n) is 11.6. The van der Waals surface area contributed by atoms with E-state index in [1.165, 1.54) is 0 Å². The number of amides is 1. The fourth-order valence-electron chi connectivity index (χ4n) is 4.41. The van der Waals surface area contributed by atoms with Crippen LogP contribution in [0.2, 0.25) is 0 Å². The maximum absolute atomic E-state index is 13.3. The second-order valence-electron chi connectivity index (χ2n) is 10.0. The van der Waals surface area contributed by atoms with Crippen molar-refractivity contribution in [2.45, 2.75) is 38.4 Å². The van der Waals surface area contributed by atoms with Crippen molar-refractivity contribution in [1.29, 1.82) is 0 Å². The lowest BCUT2D eigenvalue weighted by molar-refractivity contribution is -0.0987. The van der Waals surface area contributed by atoms with E-state index in [4.69, 9.17) is 14.2 Å². The van der Waals surface area contributed by atoms with E-state index in [2.05, 4.69) is 4.90 Å². The van der Waals surface area contributed by atoms with Crippen LogP contribution in [0.3, 0.4) is 0 Å². The van der Waals surface area contributed by atoms with E-state index in [9.17, 15) is 9.59 Å². The molecule has 2 aromatic carbocycles. The van der Waals surface area contributed by atoms with Crippen LogP contribution >= 0.6 is 0 Å². The number of benzene rings is 2. The van der Waals surface area contributed by atoms with Crippen LogP contribution in [0.15, 0.2) is 54.6 Å². The fourth-order valence-corrected chi connectivity index (χ4v) is 4.41. The van der Waals surface area contributed by atoms with Gasteiger partial charge < -0.3 is 24.0 Å². The largest absolute Gasteiger partial charge is 0.497 e. The Hall–Kier alpha value is -3.06. The molecule has 0 radical (unpaired) electrons. The predicted molar refractivity (Wildman–Crippen MR) is 131 cm³/mol. The zero-order chi connectivity index (χ0) is 24.9. The number of rotatable bonds is 6. The zero-order valence-corrected chi connectivity index (χ0v) is 21.0. The Bertz CT molecular complexity index is 986. The van der Waals surface area contributed by atoms with Crippen molar-refractivity contribution in [3.63, 3.8) is 0 Å². The van der Waals surface area contributed by atoms with Crippen molar-refractivity contribution in [3.05, 3.63) is 65.7 Å². The van der Waals surface area contributed by atoms with Gasteiger partial charge in [-0.05, 0) is 64.7 Å². The molecule has 2 unspecified atom stereocenters. The fraction of sp³-hybridized carbons (Fsp3) is 0.481. The first-order valence-corrected chi connectivity index (χ1v) is 11.6. The summed E-state index contributed by atoms with van der Waals surface area (Å²) in [6.45, 7) is 6.97. The van der Waals surface area contributed by atoms with E-state index in [0.717, 1.165) is 5.56 Å². The Morgan fingerprint density at radius 2 is 1.79 bits per heavy atom. The number of ether oxygens (including phenoxy) is 3. The van der Waals surface area contributed by atoms with Gasteiger partial charge in [0.15, 0.2) is 0 Å². The summed E-state index contributed by atoms with van der Waals surface area (Å²) in [4.78, 5) is 30.0. The van der Waals surface area contributed by atoms with Gasteiger partial charge in [0, 0.05) is 32.0 Å². The number of carbonyl (C=O) groups excluding carboxylic acids is 2. The third kappa shape index (κ3) is 6.08. The van der Waals surface area contributed by atoms with Gasteiger partial charge in [0.25, 0.3) is 0 Å². The molecule has 0 aromatic heterocycles. The molecular formula is C27H36N2O5. The van der Waals surface area contributed by atoms with E-state index in [-0.39, 0.29) is 12.0 Å². The van der Waals surface area contributed by atoms with Crippen LogP contribution in [0.1, 0.15) is 43.1 Å². The highest BCUT2D eigenvalue weighted by molar-refractivity contribution is 5.89. The van der Waals surface area contributed by atoms with E-state index in [1.807, 2.05) is 77.3 Å². The van der Waals surface area contributed by atoms with Gasteiger partial charge >= 0.3 is 12.1 Å². The Balaban J connectivity index is 2.02. The second kappa shape index (κ2) is 10.5. The van der Waals surface area contributed by atoms with Crippen molar-refractivity contribution in [2.75, 3.05) is 40.8 Å². The predicted octanol–water partition coefficient (Wildman–Crippen LogP) is 4.57. The average molecular weight is 469 g/mol. The highest BCUT2D eigenvalue weighted by atomic mass is 16.6. The molecule has 1 amide bonds. The van der Waals surface area contributed by atoms with Crippen molar-refractivity contribution >= 4 is 12.1 Å². The minimum atomic E-state index is -0.940. The lowest BCUT2D eigenvalue weighted by Gasteiger charge is -2.48. The number of hydrogen-bond donors (Lipinski definition) is 0. The van der Waals surface area contributed by atoms with Crippen molar-refractivity contribution in [2.24, 2.45) is 5.92 Å². The molecule has 34 heavy (non-hydrogen) atoms. The molecule has 1 aliphatic heterocycles. The first-order chi connectivity index (χ1) is 16.0. The summed E-state index contributed by atoms with van der Waals surface area (Å²) in [6, 6.07) is 16.6. The van der Waals surface area contributed by atoms with Gasteiger partial charge in [-0.2, -0.15) is 0 Å². The molecule has 2 aromatic rings. The standard InChI is InChI=1S/C27H36N2O5/c1-26(2,3)34-25(31)29-16-15-27(22(19-29)18-28(4)5,21-13-10-14-23(17-21)32-6)33-24(30)20-11-8-7-9-12-20/h7-14,17,22H,15-16,18-19H2,1-6H3. The molecule has 1 fully saturated rings. The van der Waals surface area contributed by atoms with E-state index >= 15 is 0 Å². The minimum absolute atomic E-state index is 0.191. The maximum Gasteiger partial charge on any atom is 0.410 e. The van der Waals surface area contributed by atoms with Gasteiger partial charge in [-0.15, -0.1) is 0 Å². The number of carbonyl (C=O) groups is 2. The molecule has 0 saturated carbocycles. The normalized spacial score (nSPS) is 20.7. The lowest BCUT2D eigenvalue weighted by Crippen LogP contribution is -2.56. The molecule has 0 bridgehead atoms. The van der Waals surface area contributed by atoms with Crippen LogP contribution in [0.5, 0.6) is 5.75 Å². The molecule has 184 valence electrons. The lowest BCUT2D eigenvalue weighted by atomic mass is 9.75. The van der Waals surface area contributed by atoms with E-state index in [1.54, 1.807) is 24.1 Å². The molecule has 3 rings (SSSR count). The number of likely N-dealkylation sites (tertiary alicyclic amines) is 1. The summed E-state index contributed by atoms with van der Waals surface area (Å²) in [5, 5.41) is 0.